The number of carbonyl (C=O) groups is 1. The van der Waals surface area contributed by atoms with E-state index in [1.807, 2.05) is 17.0 Å². The first-order valence-corrected chi connectivity index (χ1v) is 14.3. The summed E-state index contributed by atoms with van der Waals surface area (Å²) in [7, 11) is -3.20. The van der Waals surface area contributed by atoms with Crippen molar-refractivity contribution in [2.75, 3.05) is 45.5 Å². The second-order valence-electron chi connectivity index (χ2n) is 10.6. The number of carbonyl (C=O) groups excluding carboxylic acids is 1. The number of nitrogens with one attached hydrogen (secondary N) is 1. The molecule has 0 unspecified atom stereocenters. The molecule has 3 aliphatic heterocycles. The number of likely N-dealkylation sites (tertiary alicyclic amines) is 2. The summed E-state index contributed by atoms with van der Waals surface area (Å²) in [5.41, 5.74) is 2.51. The van der Waals surface area contributed by atoms with Gasteiger partial charge in [-0.3, -0.25) is 4.79 Å². The highest BCUT2D eigenvalue weighted by Crippen LogP contribution is 2.42. The van der Waals surface area contributed by atoms with Gasteiger partial charge in [0.15, 0.2) is 9.84 Å². The molecule has 3 aliphatic rings. The van der Waals surface area contributed by atoms with Crippen LogP contribution < -0.4 is 5.32 Å². The van der Waals surface area contributed by atoms with Gasteiger partial charge in [-0.2, -0.15) is 0 Å². The number of hydrogen-bond acceptors (Lipinski definition) is 5. The molecule has 2 aromatic rings. The standard InChI is InChI=1S/C27H35N3O3S/c1-34(32,33)24-9-7-21(8-10-24)18-30-20-27(15-26(30)31)11-13-29(14-12-27)19-23-16-28-17-25(23)22-5-3-2-4-6-22/h2-10,23,25,28H,11-20H2,1H3/t23-,25-/m1/s1. The molecule has 1 spiro atoms. The molecule has 0 bridgehead atoms. The van der Waals surface area contributed by atoms with Crippen LogP contribution in [0, 0.1) is 11.3 Å². The van der Waals surface area contributed by atoms with E-state index in [-0.39, 0.29) is 11.3 Å². The van der Waals surface area contributed by atoms with Gasteiger partial charge in [0.05, 0.1) is 4.90 Å². The molecule has 5 rings (SSSR count). The largest absolute Gasteiger partial charge is 0.338 e. The zero-order valence-corrected chi connectivity index (χ0v) is 20.8. The van der Waals surface area contributed by atoms with Gasteiger partial charge in [0.25, 0.3) is 0 Å². The summed E-state index contributed by atoms with van der Waals surface area (Å²) in [5.74, 6) is 1.44. The van der Waals surface area contributed by atoms with E-state index in [4.69, 9.17) is 0 Å². The summed E-state index contributed by atoms with van der Waals surface area (Å²) in [4.78, 5) is 17.7. The number of piperidine rings is 1. The van der Waals surface area contributed by atoms with E-state index in [0.29, 0.717) is 29.7 Å². The number of hydrogen-bond donors (Lipinski definition) is 1. The van der Waals surface area contributed by atoms with Gasteiger partial charge in [-0.05, 0) is 67.1 Å². The molecule has 3 heterocycles. The maximum atomic E-state index is 12.8. The first kappa shape index (κ1) is 23.5. The number of rotatable bonds is 6. The lowest BCUT2D eigenvalue weighted by Gasteiger charge is -2.40. The summed E-state index contributed by atoms with van der Waals surface area (Å²) in [6, 6.07) is 17.8. The van der Waals surface area contributed by atoms with Gasteiger partial charge in [-0.15, -0.1) is 0 Å². The van der Waals surface area contributed by atoms with E-state index >= 15 is 0 Å². The summed E-state index contributed by atoms with van der Waals surface area (Å²) in [6.07, 6.45) is 3.99. The molecule has 6 nitrogen and oxygen atoms in total. The molecule has 0 saturated carbocycles. The Labute approximate surface area is 203 Å². The number of nitrogens with zero attached hydrogens (tertiary/aromatic N) is 2. The van der Waals surface area contributed by atoms with Gasteiger partial charge in [0.1, 0.15) is 0 Å². The second kappa shape index (κ2) is 9.44. The minimum atomic E-state index is -3.20. The normalized spacial score (nSPS) is 25.3. The zero-order valence-electron chi connectivity index (χ0n) is 19.9. The monoisotopic (exact) mass is 481 g/mol. The lowest BCUT2D eigenvalue weighted by atomic mass is 9.77. The predicted octanol–water partition coefficient (Wildman–Crippen LogP) is 2.91. The highest BCUT2D eigenvalue weighted by atomic mass is 32.2. The van der Waals surface area contributed by atoms with Crippen molar-refractivity contribution < 1.29 is 13.2 Å². The molecular weight excluding hydrogens is 446 g/mol. The van der Waals surface area contributed by atoms with Crippen molar-refractivity contribution in [1.29, 1.82) is 0 Å². The fourth-order valence-corrected chi connectivity index (χ4v) is 6.71. The predicted molar refractivity (Wildman–Crippen MR) is 133 cm³/mol. The van der Waals surface area contributed by atoms with Crippen LogP contribution in [0.3, 0.4) is 0 Å². The molecular formula is C27H35N3O3S. The molecule has 2 aromatic carbocycles. The van der Waals surface area contributed by atoms with Crippen molar-refractivity contribution in [3.8, 4) is 0 Å². The van der Waals surface area contributed by atoms with E-state index in [9.17, 15) is 13.2 Å². The van der Waals surface area contributed by atoms with E-state index < -0.39 is 9.84 Å². The molecule has 34 heavy (non-hydrogen) atoms. The maximum Gasteiger partial charge on any atom is 0.223 e. The van der Waals surface area contributed by atoms with Gasteiger partial charge in [-0.1, -0.05) is 42.5 Å². The summed E-state index contributed by atoms with van der Waals surface area (Å²) < 4.78 is 23.4. The van der Waals surface area contributed by atoms with E-state index in [1.165, 1.54) is 11.8 Å². The van der Waals surface area contributed by atoms with Crippen LogP contribution in [0.4, 0.5) is 0 Å². The third kappa shape index (κ3) is 5.07. The number of sulfone groups is 1. The molecule has 1 amide bonds. The van der Waals surface area contributed by atoms with Gasteiger partial charge in [0, 0.05) is 44.8 Å². The highest BCUT2D eigenvalue weighted by molar-refractivity contribution is 7.90. The Kier molecular flexibility index (Phi) is 6.53. The van der Waals surface area contributed by atoms with Crippen molar-refractivity contribution in [1.82, 2.24) is 15.1 Å². The lowest BCUT2D eigenvalue weighted by Crippen LogP contribution is -2.44. The smallest absolute Gasteiger partial charge is 0.223 e. The molecule has 0 aliphatic carbocycles. The van der Waals surface area contributed by atoms with E-state index in [2.05, 4.69) is 40.5 Å². The van der Waals surface area contributed by atoms with E-state index in [1.54, 1.807) is 12.1 Å². The van der Waals surface area contributed by atoms with Crippen molar-refractivity contribution in [2.45, 2.75) is 36.6 Å². The van der Waals surface area contributed by atoms with Crippen LogP contribution in [0.5, 0.6) is 0 Å². The van der Waals surface area contributed by atoms with Crippen molar-refractivity contribution in [2.24, 2.45) is 11.3 Å². The molecule has 0 aromatic heterocycles. The van der Waals surface area contributed by atoms with E-state index in [0.717, 1.165) is 57.7 Å². The Morgan fingerprint density at radius 1 is 1.00 bits per heavy atom. The molecule has 0 radical (unpaired) electrons. The fourth-order valence-electron chi connectivity index (χ4n) is 6.08. The van der Waals surface area contributed by atoms with Crippen molar-refractivity contribution >= 4 is 15.7 Å². The minimum Gasteiger partial charge on any atom is -0.338 e. The van der Waals surface area contributed by atoms with Crippen LogP contribution >= 0.6 is 0 Å². The Hall–Kier alpha value is -2.22. The minimum absolute atomic E-state index is 0.0903. The molecule has 1 N–H and O–H groups in total. The molecule has 2 atom stereocenters. The Morgan fingerprint density at radius 2 is 1.71 bits per heavy atom. The van der Waals surface area contributed by atoms with Gasteiger partial charge < -0.3 is 15.1 Å². The van der Waals surface area contributed by atoms with Crippen LogP contribution in [0.2, 0.25) is 0 Å². The van der Waals surface area contributed by atoms with Crippen molar-refractivity contribution in [3.63, 3.8) is 0 Å². The lowest BCUT2D eigenvalue weighted by molar-refractivity contribution is -0.128. The number of benzene rings is 2. The molecule has 182 valence electrons. The van der Waals surface area contributed by atoms with Crippen LogP contribution in [0.1, 0.15) is 36.3 Å². The van der Waals surface area contributed by atoms with Crippen LogP contribution in [-0.2, 0) is 21.2 Å². The Bertz CT molecular complexity index is 1110. The third-order valence-electron chi connectivity index (χ3n) is 8.11. The van der Waals surface area contributed by atoms with Gasteiger partial charge in [-0.25, -0.2) is 8.42 Å². The first-order valence-electron chi connectivity index (χ1n) is 12.4. The Morgan fingerprint density at radius 3 is 2.38 bits per heavy atom. The average molecular weight is 482 g/mol. The summed E-state index contributed by atoms with van der Waals surface area (Å²) >= 11 is 0. The quantitative estimate of drug-likeness (QED) is 0.687. The third-order valence-corrected chi connectivity index (χ3v) is 9.24. The van der Waals surface area contributed by atoms with Gasteiger partial charge in [0.2, 0.25) is 5.91 Å². The van der Waals surface area contributed by atoms with Crippen molar-refractivity contribution in [3.05, 3.63) is 65.7 Å². The first-order chi connectivity index (χ1) is 16.3. The zero-order chi connectivity index (χ0) is 23.8. The topological polar surface area (TPSA) is 69.7 Å². The second-order valence-corrected chi connectivity index (χ2v) is 12.6. The molecule has 7 heteroatoms. The Balaban J connectivity index is 1.15. The van der Waals surface area contributed by atoms with Crippen LogP contribution in [0.15, 0.2) is 59.5 Å². The molecule has 3 saturated heterocycles. The highest BCUT2D eigenvalue weighted by Gasteiger charge is 2.45. The van der Waals surface area contributed by atoms with Crippen LogP contribution in [-0.4, -0.2) is 69.6 Å². The maximum absolute atomic E-state index is 12.8. The fraction of sp³-hybridized carbons (Fsp3) is 0.519. The summed E-state index contributed by atoms with van der Waals surface area (Å²) in [5, 5.41) is 3.59. The summed E-state index contributed by atoms with van der Waals surface area (Å²) in [6.45, 7) is 6.73. The van der Waals surface area contributed by atoms with Crippen LogP contribution in [0.25, 0.3) is 0 Å². The number of amides is 1. The average Bonchev–Trinajstić information content (AvgIpc) is 3.40. The SMILES string of the molecule is CS(=O)(=O)c1ccc(CN2CC3(CCN(C[C@H]4CNC[C@@H]4c4ccccc4)CC3)CC2=O)cc1. The molecule has 3 fully saturated rings. The van der Waals surface area contributed by atoms with Gasteiger partial charge >= 0.3 is 0 Å².